The van der Waals surface area contributed by atoms with Crippen molar-refractivity contribution < 1.29 is 4.79 Å². The van der Waals surface area contributed by atoms with Gasteiger partial charge in [0.2, 0.25) is 5.91 Å². The smallest absolute Gasteiger partial charge is 0.243 e. The van der Waals surface area contributed by atoms with Crippen molar-refractivity contribution in [1.82, 2.24) is 5.32 Å². The van der Waals surface area contributed by atoms with E-state index < -0.39 is 0 Å². The van der Waals surface area contributed by atoms with Gasteiger partial charge in [0.05, 0.1) is 6.04 Å². The van der Waals surface area contributed by atoms with E-state index in [1.807, 2.05) is 11.9 Å². The standard InChI is InChI=1S/C16H24N2O/c1-11-8-9-15(13(3)12(11)2)18(4)16(19)14-7-5-6-10-17-14/h8-9,14,17H,5-7,10H2,1-4H3. The van der Waals surface area contributed by atoms with Gasteiger partial charge in [-0.05, 0) is 62.9 Å². The van der Waals surface area contributed by atoms with Crippen LogP contribution in [0.2, 0.25) is 0 Å². The van der Waals surface area contributed by atoms with Crippen LogP contribution in [0.25, 0.3) is 0 Å². The highest BCUT2D eigenvalue weighted by Crippen LogP contribution is 2.25. The number of anilines is 1. The van der Waals surface area contributed by atoms with Crippen LogP contribution < -0.4 is 10.2 Å². The third-order valence-electron chi connectivity index (χ3n) is 4.33. The lowest BCUT2D eigenvalue weighted by Crippen LogP contribution is -2.47. The zero-order chi connectivity index (χ0) is 14.0. The number of carbonyl (C=O) groups is 1. The summed E-state index contributed by atoms with van der Waals surface area (Å²) in [6, 6.07) is 4.13. The number of likely N-dealkylation sites (N-methyl/N-ethyl adjacent to an activating group) is 1. The molecule has 1 fully saturated rings. The summed E-state index contributed by atoms with van der Waals surface area (Å²) in [5.74, 6) is 0.186. The Hall–Kier alpha value is -1.35. The van der Waals surface area contributed by atoms with Crippen molar-refractivity contribution in [3.8, 4) is 0 Å². The van der Waals surface area contributed by atoms with Crippen LogP contribution in [0.4, 0.5) is 5.69 Å². The highest BCUT2D eigenvalue weighted by molar-refractivity contribution is 5.97. The van der Waals surface area contributed by atoms with Gasteiger partial charge in [-0.2, -0.15) is 0 Å². The van der Waals surface area contributed by atoms with Crippen molar-refractivity contribution in [2.45, 2.75) is 46.1 Å². The van der Waals surface area contributed by atoms with Crippen molar-refractivity contribution >= 4 is 11.6 Å². The van der Waals surface area contributed by atoms with Crippen LogP contribution in [0.5, 0.6) is 0 Å². The Labute approximate surface area is 116 Å². The van der Waals surface area contributed by atoms with E-state index in [0.717, 1.165) is 25.1 Å². The van der Waals surface area contributed by atoms with Crippen LogP contribution in [-0.2, 0) is 4.79 Å². The lowest BCUT2D eigenvalue weighted by Gasteiger charge is -2.29. The Morgan fingerprint density at radius 1 is 1.21 bits per heavy atom. The van der Waals surface area contributed by atoms with Crippen molar-refractivity contribution in [1.29, 1.82) is 0 Å². The number of rotatable bonds is 2. The summed E-state index contributed by atoms with van der Waals surface area (Å²) in [4.78, 5) is 14.3. The lowest BCUT2D eigenvalue weighted by molar-refractivity contribution is -0.120. The van der Waals surface area contributed by atoms with Crippen molar-refractivity contribution in [2.75, 3.05) is 18.5 Å². The molecule has 1 atom stereocenters. The minimum atomic E-state index is -0.0141. The van der Waals surface area contributed by atoms with Crippen molar-refractivity contribution in [3.05, 3.63) is 28.8 Å². The maximum absolute atomic E-state index is 12.5. The SMILES string of the molecule is Cc1ccc(N(C)C(=O)C2CCCCN2)c(C)c1C. The minimum absolute atomic E-state index is 0.0141. The largest absolute Gasteiger partial charge is 0.314 e. The van der Waals surface area contributed by atoms with Gasteiger partial charge >= 0.3 is 0 Å². The summed E-state index contributed by atoms with van der Waals surface area (Å²) in [5, 5.41) is 3.32. The molecule has 0 saturated carbocycles. The number of nitrogens with zero attached hydrogens (tertiary/aromatic N) is 1. The summed E-state index contributed by atoms with van der Waals surface area (Å²) in [5.41, 5.74) is 4.78. The van der Waals surface area contributed by atoms with E-state index >= 15 is 0 Å². The molecule has 1 aliphatic rings. The summed E-state index contributed by atoms with van der Waals surface area (Å²) >= 11 is 0. The molecule has 0 aromatic heterocycles. The van der Waals surface area contributed by atoms with Crippen LogP contribution in [-0.4, -0.2) is 25.5 Å². The Morgan fingerprint density at radius 2 is 1.95 bits per heavy atom. The Balaban J connectivity index is 2.21. The zero-order valence-electron chi connectivity index (χ0n) is 12.4. The zero-order valence-corrected chi connectivity index (χ0v) is 12.4. The number of aryl methyl sites for hydroxylation is 1. The van der Waals surface area contributed by atoms with E-state index in [-0.39, 0.29) is 11.9 Å². The first-order valence-corrected chi connectivity index (χ1v) is 7.10. The molecule has 1 unspecified atom stereocenters. The number of hydrogen-bond acceptors (Lipinski definition) is 2. The van der Waals surface area contributed by atoms with Gasteiger partial charge in [-0.3, -0.25) is 4.79 Å². The van der Waals surface area contributed by atoms with Crippen LogP contribution in [0.1, 0.15) is 36.0 Å². The molecule has 1 aliphatic heterocycles. The third kappa shape index (κ3) is 2.81. The number of benzene rings is 1. The van der Waals surface area contributed by atoms with Crippen molar-refractivity contribution in [2.24, 2.45) is 0 Å². The van der Waals surface area contributed by atoms with Crippen LogP contribution in [0.15, 0.2) is 12.1 Å². The van der Waals surface area contributed by atoms with Gasteiger partial charge in [-0.1, -0.05) is 12.5 Å². The van der Waals surface area contributed by atoms with Crippen LogP contribution in [0, 0.1) is 20.8 Å². The first kappa shape index (κ1) is 14.1. The van der Waals surface area contributed by atoms with E-state index in [4.69, 9.17) is 0 Å². The number of nitrogens with one attached hydrogen (secondary N) is 1. The van der Waals surface area contributed by atoms with Gasteiger partial charge in [0.15, 0.2) is 0 Å². The predicted molar refractivity (Wildman–Crippen MR) is 79.7 cm³/mol. The van der Waals surface area contributed by atoms with Gasteiger partial charge < -0.3 is 10.2 Å². The predicted octanol–water partition coefficient (Wildman–Crippen LogP) is 2.72. The molecule has 2 rings (SSSR count). The topological polar surface area (TPSA) is 32.3 Å². The van der Waals surface area contributed by atoms with Gasteiger partial charge in [0.25, 0.3) is 0 Å². The second kappa shape index (κ2) is 5.74. The molecule has 104 valence electrons. The molecular formula is C16H24N2O. The monoisotopic (exact) mass is 260 g/mol. The fraction of sp³-hybridized carbons (Fsp3) is 0.562. The van der Waals surface area contributed by atoms with Gasteiger partial charge in [0.1, 0.15) is 0 Å². The van der Waals surface area contributed by atoms with Gasteiger partial charge in [0, 0.05) is 12.7 Å². The first-order chi connectivity index (χ1) is 9.02. The summed E-state index contributed by atoms with van der Waals surface area (Å²) in [7, 11) is 1.88. The second-order valence-electron chi connectivity index (χ2n) is 5.55. The molecule has 19 heavy (non-hydrogen) atoms. The molecular weight excluding hydrogens is 236 g/mol. The van der Waals surface area contributed by atoms with Gasteiger partial charge in [-0.15, -0.1) is 0 Å². The van der Waals surface area contributed by atoms with Crippen molar-refractivity contribution in [3.63, 3.8) is 0 Å². The van der Waals surface area contributed by atoms with E-state index in [1.54, 1.807) is 0 Å². The Bertz CT molecular complexity index is 476. The maximum atomic E-state index is 12.5. The first-order valence-electron chi connectivity index (χ1n) is 7.10. The third-order valence-corrected chi connectivity index (χ3v) is 4.33. The Kier molecular flexibility index (Phi) is 4.25. The number of hydrogen-bond donors (Lipinski definition) is 1. The molecule has 1 heterocycles. The average Bonchev–Trinajstić information content (AvgIpc) is 2.44. The van der Waals surface area contributed by atoms with E-state index in [1.165, 1.54) is 23.1 Å². The minimum Gasteiger partial charge on any atom is -0.314 e. The van der Waals surface area contributed by atoms with Gasteiger partial charge in [-0.25, -0.2) is 0 Å². The molecule has 1 aromatic rings. The fourth-order valence-electron chi connectivity index (χ4n) is 2.72. The highest BCUT2D eigenvalue weighted by Gasteiger charge is 2.25. The fourth-order valence-corrected chi connectivity index (χ4v) is 2.72. The highest BCUT2D eigenvalue weighted by atomic mass is 16.2. The van der Waals surface area contributed by atoms with E-state index in [2.05, 4.69) is 38.2 Å². The molecule has 1 amide bonds. The second-order valence-corrected chi connectivity index (χ2v) is 5.55. The molecule has 0 aliphatic carbocycles. The molecule has 3 heteroatoms. The number of amides is 1. The number of piperidine rings is 1. The van der Waals surface area contributed by atoms with Crippen LogP contribution in [0.3, 0.4) is 0 Å². The number of carbonyl (C=O) groups excluding carboxylic acids is 1. The summed E-state index contributed by atoms with van der Waals surface area (Å²) < 4.78 is 0. The molecule has 0 radical (unpaired) electrons. The summed E-state index contributed by atoms with van der Waals surface area (Å²) in [6.07, 6.45) is 3.27. The quantitative estimate of drug-likeness (QED) is 0.886. The average molecular weight is 260 g/mol. The molecule has 0 bridgehead atoms. The summed E-state index contributed by atoms with van der Waals surface area (Å²) in [6.45, 7) is 7.27. The van der Waals surface area contributed by atoms with E-state index in [9.17, 15) is 4.79 Å². The molecule has 1 saturated heterocycles. The Morgan fingerprint density at radius 3 is 2.58 bits per heavy atom. The molecule has 1 aromatic carbocycles. The molecule has 3 nitrogen and oxygen atoms in total. The molecule has 1 N–H and O–H groups in total. The van der Waals surface area contributed by atoms with E-state index in [0.29, 0.717) is 0 Å². The maximum Gasteiger partial charge on any atom is 0.243 e. The molecule has 0 spiro atoms. The lowest BCUT2D eigenvalue weighted by atomic mass is 10.0. The normalized spacial score (nSPS) is 19.3. The van der Waals surface area contributed by atoms with Crippen LogP contribution >= 0.6 is 0 Å².